The van der Waals surface area contributed by atoms with Gasteiger partial charge in [0.2, 0.25) is 0 Å². The highest BCUT2D eigenvalue weighted by atomic mass is 35.5. The third-order valence-electron chi connectivity index (χ3n) is 3.66. The van der Waals surface area contributed by atoms with E-state index in [9.17, 15) is 0 Å². The molecule has 0 atom stereocenters. The number of halogens is 2. The van der Waals surface area contributed by atoms with Gasteiger partial charge in [-0.3, -0.25) is 0 Å². The molecule has 1 aliphatic carbocycles. The maximum absolute atomic E-state index is 6.13. The molecule has 1 aromatic rings. The van der Waals surface area contributed by atoms with Crippen LogP contribution in [0.25, 0.3) is 0 Å². The zero-order chi connectivity index (χ0) is 13.0. The molecule has 1 aromatic carbocycles. The third kappa shape index (κ3) is 3.61. The minimum absolute atomic E-state index is 0.448. The first kappa shape index (κ1) is 14.1. The standard InChI is InChI=1S/C14H19Cl2NO/c1-18-8-7-14(5-6-14)10-17-9-11-12(15)3-2-4-13(11)16/h2-4,17H,5-10H2,1H3. The van der Waals surface area contributed by atoms with Crippen LogP contribution < -0.4 is 5.32 Å². The monoisotopic (exact) mass is 287 g/mol. The number of ether oxygens (including phenoxy) is 1. The van der Waals surface area contributed by atoms with Gasteiger partial charge in [0.25, 0.3) is 0 Å². The van der Waals surface area contributed by atoms with E-state index in [1.165, 1.54) is 12.8 Å². The van der Waals surface area contributed by atoms with Crippen molar-refractivity contribution >= 4 is 23.2 Å². The van der Waals surface area contributed by atoms with Gasteiger partial charge >= 0.3 is 0 Å². The topological polar surface area (TPSA) is 21.3 Å². The van der Waals surface area contributed by atoms with E-state index >= 15 is 0 Å². The first-order chi connectivity index (χ1) is 8.67. The molecule has 1 aliphatic rings. The van der Waals surface area contributed by atoms with E-state index < -0.39 is 0 Å². The highest BCUT2D eigenvalue weighted by Gasteiger charge is 2.41. The molecule has 2 rings (SSSR count). The Bertz CT molecular complexity index is 385. The Hall–Kier alpha value is -0.280. The number of methoxy groups -OCH3 is 1. The minimum atomic E-state index is 0.448. The molecule has 0 spiro atoms. The third-order valence-corrected chi connectivity index (χ3v) is 4.37. The fourth-order valence-electron chi connectivity index (χ4n) is 2.16. The average molecular weight is 288 g/mol. The van der Waals surface area contributed by atoms with Crippen molar-refractivity contribution in [1.82, 2.24) is 5.32 Å². The van der Waals surface area contributed by atoms with Crippen molar-refractivity contribution in [3.05, 3.63) is 33.8 Å². The molecular formula is C14H19Cl2NO. The Labute approximate surface area is 119 Å². The number of nitrogens with one attached hydrogen (secondary N) is 1. The molecule has 0 heterocycles. The maximum atomic E-state index is 6.13. The predicted molar refractivity (Wildman–Crippen MR) is 76.3 cm³/mol. The molecule has 0 amide bonds. The Balaban J connectivity index is 1.82. The normalized spacial score (nSPS) is 16.8. The van der Waals surface area contributed by atoms with E-state index in [0.717, 1.165) is 41.7 Å². The van der Waals surface area contributed by atoms with Gasteiger partial charge in [-0.25, -0.2) is 0 Å². The molecular weight excluding hydrogens is 269 g/mol. The number of hydrogen-bond donors (Lipinski definition) is 1. The Morgan fingerprint density at radius 1 is 1.28 bits per heavy atom. The van der Waals surface area contributed by atoms with Crippen LogP contribution in [0.1, 0.15) is 24.8 Å². The lowest BCUT2D eigenvalue weighted by Gasteiger charge is -2.16. The zero-order valence-corrected chi connectivity index (χ0v) is 12.2. The smallest absolute Gasteiger partial charge is 0.0468 e. The maximum Gasteiger partial charge on any atom is 0.0468 e. The van der Waals surface area contributed by atoms with Gasteiger partial charge in [-0.2, -0.15) is 0 Å². The van der Waals surface area contributed by atoms with Crippen molar-refractivity contribution in [2.75, 3.05) is 20.3 Å². The highest BCUT2D eigenvalue weighted by molar-refractivity contribution is 6.35. The summed E-state index contributed by atoms with van der Waals surface area (Å²) in [5, 5.41) is 4.94. The molecule has 0 radical (unpaired) electrons. The van der Waals surface area contributed by atoms with E-state index in [2.05, 4.69) is 5.32 Å². The van der Waals surface area contributed by atoms with E-state index in [4.69, 9.17) is 27.9 Å². The molecule has 4 heteroatoms. The van der Waals surface area contributed by atoms with Gasteiger partial charge in [-0.15, -0.1) is 0 Å². The molecule has 1 saturated carbocycles. The van der Waals surface area contributed by atoms with Crippen molar-refractivity contribution in [2.45, 2.75) is 25.8 Å². The van der Waals surface area contributed by atoms with Gasteiger partial charge in [0.15, 0.2) is 0 Å². The van der Waals surface area contributed by atoms with Crippen molar-refractivity contribution in [2.24, 2.45) is 5.41 Å². The average Bonchev–Trinajstić information content (AvgIpc) is 3.11. The van der Waals surface area contributed by atoms with Gasteiger partial charge in [0.1, 0.15) is 0 Å². The summed E-state index contributed by atoms with van der Waals surface area (Å²) in [4.78, 5) is 0. The molecule has 0 saturated heterocycles. The second-order valence-electron chi connectivity index (χ2n) is 5.05. The molecule has 18 heavy (non-hydrogen) atoms. The SMILES string of the molecule is COCCC1(CNCc2c(Cl)cccc2Cl)CC1. The Morgan fingerprint density at radius 3 is 2.50 bits per heavy atom. The van der Waals surface area contributed by atoms with Crippen molar-refractivity contribution < 1.29 is 4.74 Å². The van der Waals surface area contributed by atoms with Crippen molar-refractivity contribution in [3.63, 3.8) is 0 Å². The van der Waals surface area contributed by atoms with Gasteiger partial charge in [0, 0.05) is 42.4 Å². The molecule has 1 N–H and O–H groups in total. The second-order valence-corrected chi connectivity index (χ2v) is 5.86. The number of rotatable bonds is 7. The lowest BCUT2D eigenvalue weighted by atomic mass is 10.0. The van der Waals surface area contributed by atoms with Crippen LogP contribution in [0.4, 0.5) is 0 Å². The molecule has 100 valence electrons. The minimum Gasteiger partial charge on any atom is -0.385 e. The summed E-state index contributed by atoms with van der Waals surface area (Å²) < 4.78 is 5.15. The summed E-state index contributed by atoms with van der Waals surface area (Å²) in [5.41, 5.74) is 1.44. The van der Waals surface area contributed by atoms with Crippen LogP contribution in [-0.2, 0) is 11.3 Å². The van der Waals surface area contributed by atoms with Gasteiger partial charge in [-0.05, 0) is 36.8 Å². The summed E-state index contributed by atoms with van der Waals surface area (Å²) in [7, 11) is 1.76. The second kappa shape index (κ2) is 6.25. The summed E-state index contributed by atoms with van der Waals surface area (Å²) in [5.74, 6) is 0. The summed E-state index contributed by atoms with van der Waals surface area (Å²) in [6, 6.07) is 5.62. The molecule has 0 unspecified atom stereocenters. The van der Waals surface area contributed by atoms with Crippen LogP contribution in [0.3, 0.4) is 0 Å². The first-order valence-corrected chi connectivity index (χ1v) is 7.05. The summed E-state index contributed by atoms with van der Waals surface area (Å²) in [6.45, 7) is 2.58. The van der Waals surface area contributed by atoms with E-state index in [-0.39, 0.29) is 0 Å². The highest BCUT2D eigenvalue weighted by Crippen LogP contribution is 2.48. The summed E-state index contributed by atoms with van der Waals surface area (Å²) >= 11 is 12.3. The van der Waals surface area contributed by atoms with Crippen LogP contribution in [-0.4, -0.2) is 20.3 Å². The predicted octanol–water partition coefficient (Wildman–Crippen LogP) is 3.90. The fraction of sp³-hybridized carbons (Fsp3) is 0.571. The molecule has 0 aromatic heterocycles. The Kier molecular flexibility index (Phi) is 4.91. The molecule has 0 bridgehead atoms. The first-order valence-electron chi connectivity index (χ1n) is 6.29. The van der Waals surface area contributed by atoms with Crippen LogP contribution in [0.15, 0.2) is 18.2 Å². The number of benzene rings is 1. The van der Waals surface area contributed by atoms with E-state index in [0.29, 0.717) is 5.41 Å². The number of hydrogen-bond acceptors (Lipinski definition) is 2. The molecule has 2 nitrogen and oxygen atoms in total. The molecule has 0 aliphatic heterocycles. The van der Waals surface area contributed by atoms with Crippen LogP contribution >= 0.6 is 23.2 Å². The largest absolute Gasteiger partial charge is 0.385 e. The molecule has 1 fully saturated rings. The van der Waals surface area contributed by atoms with Gasteiger partial charge in [0.05, 0.1) is 0 Å². The zero-order valence-electron chi connectivity index (χ0n) is 10.6. The van der Waals surface area contributed by atoms with Crippen LogP contribution in [0.5, 0.6) is 0 Å². The Morgan fingerprint density at radius 2 is 1.94 bits per heavy atom. The lowest BCUT2D eigenvalue weighted by molar-refractivity contribution is 0.171. The van der Waals surface area contributed by atoms with Crippen LogP contribution in [0, 0.1) is 5.41 Å². The van der Waals surface area contributed by atoms with E-state index in [1.807, 2.05) is 18.2 Å². The van der Waals surface area contributed by atoms with Gasteiger partial charge < -0.3 is 10.1 Å². The fourth-order valence-corrected chi connectivity index (χ4v) is 2.70. The van der Waals surface area contributed by atoms with Gasteiger partial charge in [-0.1, -0.05) is 29.3 Å². The lowest BCUT2D eigenvalue weighted by Crippen LogP contribution is -2.24. The van der Waals surface area contributed by atoms with Crippen molar-refractivity contribution in [3.8, 4) is 0 Å². The van der Waals surface area contributed by atoms with Crippen molar-refractivity contribution in [1.29, 1.82) is 0 Å². The van der Waals surface area contributed by atoms with Crippen LogP contribution in [0.2, 0.25) is 10.0 Å². The quantitative estimate of drug-likeness (QED) is 0.821. The van der Waals surface area contributed by atoms with E-state index in [1.54, 1.807) is 7.11 Å². The summed E-state index contributed by atoms with van der Waals surface area (Å²) in [6.07, 6.45) is 3.71.